The van der Waals surface area contributed by atoms with E-state index in [1.54, 1.807) is 16.8 Å². The third-order valence-corrected chi connectivity index (χ3v) is 4.83. The summed E-state index contributed by atoms with van der Waals surface area (Å²) in [5.41, 5.74) is 4.93. The van der Waals surface area contributed by atoms with Gasteiger partial charge >= 0.3 is 0 Å². The van der Waals surface area contributed by atoms with E-state index in [2.05, 4.69) is 15.5 Å². The molecule has 0 unspecified atom stereocenters. The molecule has 2 heterocycles. The van der Waals surface area contributed by atoms with E-state index in [9.17, 15) is 4.79 Å². The second kappa shape index (κ2) is 8.61. The molecule has 150 valence electrons. The molecule has 0 aliphatic carbocycles. The molecule has 0 saturated carbocycles. The number of aromatic nitrogens is 4. The molecular weight excluding hydrogens is 374 g/mol. The first-order valence-corrected chi connectivity index (χ1v) is 9.78. The molecule has 1 N–H and O–H groups in total. The predicted molar refractivity (Wildman–Crippen MR) is 118 cm³/mol. The number of rotatable bonds is 6. The van der Waals surface area contributed by atoms with Crippen molar-refractivity contribution in [1.82, 2.24) is 19.6 Å². The largest absolute Gasteiger partial charge is 0.306 e. The van der Waals surface area contributed by atoms with E-state index in [1.165, 1.54) is 6.08 Å². The number of amides is 1. The lowest BCUT2D eigenvalue weighted by molar-refractivity contribution is -0.111. The molecule has 2 aromatic carbocycles. The fraction of sp³-hybridized carbons (Fsp3) is 0.125. The number of para-hydroxylation sites is 1. The van der Waals surface area contributed by atoms with Crippen LogP contribution in [0.15, 0.2) is 79.0 Å². The number of carbonyl (C=O) groups is 1. The third-order valence-electron chi connectivity index (χ3n) is 4.83. The molecule has 0 fully saturated rings. The lowest BCUT2D eigenvalue weighted by Gasteiger charge is -2.03. The maximum absolute atomic E-state index is 12.4. The van der Waals surface area contributed by atoms with Crippen molar-refractivity contribution in [3.05, 3.63) is 102 Å². The van der Waals surface area contributed by atoms with Gasteiger partial charge in [-0.2, -0.15) is 10.2 Å². The highest BCUT2D eigenvalue weighted by atomic mass is 16.1. The SMILES string of the molecule is Cc1nn(-c2ccccc2)c(C)c1/C=C/C(=O)Nc1ccn(Cc2ccccc2)n1. The lowest BCUT2D eigenvalue weighted by atomic mass is 10.2. The van der Waals surface area contributed by atoms with E-state index in [1.807, 2.05) is 85.4 Å². The minimum atomic E-state index is -0.230. The summed E-state index contributed by atoms with van der Waals surface area (Å²) in [6.07, 6.45) is 5.17. The minimum absolute atomic E-state index is 0.230. The van der Waals surface area contributed by atoms with Gasteiger partial charge in [-0.1, -0.05) is 48.5 Å². The number of aryl methyl sites for hydroxylation is 1. The molecule has 0 saturated heterocycles. The monoisotopic (exact) mass is 397 g/mol. The van der Waals surface area contributed by atoms with Crippen LogP contribution in [0.1, 0.15) is 22.5 Å². The Morgan fingerprint density at radius 2 is 1.67 bits per heavy atom. The molecule has 4 rings (SSSR count). The molecule has 4 aromatic rings. The normalized spacial score (nSPS) is 11.1. The van der Waals surface area contributed by atoms with Crippen molar-refractivity contribution < 1.29 is 4.79 Å². The maximum Gasteiger partial charge on any atom is 0.249 e. The van der Waals surface area contributed by atoms with E-state index >= 15 is 0 Å². The molecular formula is C24H23N5O. The van der Waals surface area contributed by atoms with E-state index in [0.717, 1.165) is 28.2 Å². The number of benzene rings is 2. The van der Waals surface area contributed by atoms with Crippen LogP contribution >= 0.6 is 0 Å². The van der Waals surface area contributed by atoms with Crippen LogP contribution in [0.5, 0.6) is 0 Å². The highest BCUT2D eigenvalue weighted by Crippen LogP contribution is 2.19. The second-order valence-corrected chi connectivity index (χ2v) is 7.04. The Morgan fingerprint density at radius 3 is 2.40 bits per heavy atom. The van der Waals surface area contributed by atoms with Gasteiger partial charge in [0.05, 0.1) is 17.9 Å². The van der Waals surface area contributed by atoms with Crippen LogP contribution < -0.4 is 5.32 Å². The molecule has 0 radical (unpaired) electrons. The number of nitrogens with zero attached hydrogens (tertiary/aromatic N) is 4. The maximum atomic E-state index is 12.4. The van der Waals surface area contributed by atoms with Gasteiger partial charge < -0.3 is 5.32 Å². The topological polar surface area (TPSA) is 64.7 Å². The second-order valence-electron chi connectivity index (χ2n) is 7.04. The Bertz CT molecular complexity index is 1170. The van der Waals surface area contributed by atoms with Crippen LogP contribution in [0, 0.1) is 13.8 Å². The number of nitrogens with one attached hydrogen (secondary N) is 1. The molecule has 1 amide bonds. The molecule has 6 heteroatoms. The number of hydrogen-bond acceptors (Lipinski definition) is 3. The summed E-state index contributed by atoms with van der Waals surface area (Å²) in [7, 11) is 0. The van der Waals surface area contributed by atoms with Crippen molar-refractivity contribution in [3.63, 3.8) is 0 Å². The van der Waals surface area contributed by atoms with Crippen molar-refractivity contribution in [2.45, 2.75) is 20.4 Å². The summed E-state index contributed by atoms with van der Waals surface area (Å²) in [5.74, 6) is 0.292. The van der Waals surface area contributed by atoms with Gasteiger partial charge in [-0.05, 0) is 37.6 Å². The number of hydrogen-bond donors (Lipinski definition) is 1. The van der Waals surface area contributed by atoms with Crippen molar-refractivity contribution in [2.24, 2.45) is 0 Å². The van der Waals surface area contributed by atoms with Crippen LogP contribution in [-0.4, -0.2) is 25.5 Å². The van der Waals surface area contributed by atoms with Crippen molar-refractivity contribution in [3.8, 4) is 5.69 Å². The fourth-order valence-corrected chi connectivity index (χ4v) is 3.33. The highest BCUT2D eigenvalue weighted by molar-refractivity contribution is 6.01. The van der Waals surface area contributed by atoms with Crippen LogP contribution in [0.25, 0.3) is 11.8 Å². The summed E-state index contributed by atoms with van der Waals surface area (Å²) in [6.45, 7) is 4.59. The Morgan fingerprint density at radius 1 is 0.967 bits per heavy atom. The van der Waals surface area contributed by atoms with Gasteiger partial charge in [0.25, 0.3) is 0 Å². The van der Waals surface area contributed by atoms with Crippen LogP contribution in [0.4, 0.5) is 5.82 Å². The standard InChI is InChI=1S/C24H23N5O/c1-18-22(19(2)29(26-18)21-11-7-4-8-12-21)13-14-24(30)25-23-15-16-28(27-23)17-20-9-5-3-6-10-20/h3-16H,17H2,1-2H3,(H,25,27,30)/b14-13+. The fourth-order valence-electron chi connectivity index (χ4n) is 3.33. The van der Waals surface area contributed by atoms with E-state index < -0.39 is 0 Å². The quantitative estimate of drug-likeness (QED) is 0.491. The zero-order valence-corrected chi connectivity index (χ0v) is 17.0. The summed E-state index contributed by atoms with van der Waals surface area (Å²) < 4.78 is 3.69. The third kappa shape index (κ3) is 4.38. The van der Waals surface area contributed by atoms with Crippen LogP contribution in [0.3, 0.4) is 0 Å². The van der Waals surface area contributed by atoms with Gasteiger partial charge in [0.1, 0.15) is 0 Å². The Hall–Kier alpha value is -3.93. The van der Waals surface area contributed by atoms with Gasteiger partial charge in [-0.15, -0.1) is 0 Å². The summed E-state index contributed by atoms with van der Waals surface area (Å²) in [5, 5.41) is 11.8. The average Bonchev–Trinajstić information content (AvgIpc) is 3.31. The van der Waals surface area contributed by atoms with Crippen molar-refractivity contribution in [2.75, 3.05) is 5.32 Å². The Kier molecular flexibility index (Phi) is 5.57. The predicted octanol–water partition coefficient (Wildman–Crippen LogP) is 4.39. The molecule has 0 atom stereocenters. The smallest absolute Gasteiger partial charge is 0.249 e. The Labute approximate surface area is 175 Å². The van der Waals surface area contributed by atoms with E-state index in [0.29, 0.717) is 12.4 Å². The van der Waals surface area contributed by atoms with E-state index in [4.69, 9.17) is 0 Å². The lowest BCUT2D eigenvalue weighted by Crippen LogP contribution is -2.09. The molecule has 0 bridgehead atoms. The van der Waals surface area contributed by atoms with Crippen LogP contribution in [0.2, 0.25) is 0 Å². The van der Waals surface area contributed by atoms with Gasteiger partial charge in [0, 0.05) is 29.6 Å². The number of anilines is 1. The van der Waals surface area contributed by atoms with Crippen molar-refractivity contribution in [1.29, 1.82) is 0 Å². The van der Waals surface area contributed by atoms with Crippen LogP contribution in [-0.2, 0) is 11.3 Å². The molecule has 6 nitrogen and oxygen atoms in total. The molecule has 0 aliphatic heterocycles. The van der Waals surface area contributed by atoms with Gasteiger partial charge in [-0.25, -0.2) is 4.68 Å². The van der Waals surface area contributed by atoms with Crippen molar-refractivity contribution >= 4 is 17.8 Å². The first kappa shape index (κ1) is 19.4. The highest BCUT2D eigenvalue weighted by Gasteiger charge is 2.11. The zero-order valence-electron chi connectivity index (χ0n) is 17.0. The van der Waals surface area contributed by atoms with E-state index in [-0.39, 0.29) is 5.91 Å². The summed E-state index contributed by atoms with van der Waals surface area (Å²) >= 11 is 0. The molecule has 0 aliphatic rings. The molecule has 30 heavy (non-hydrogen) atoms. The summed E-state index contributed by atoms with van der Waals surface area (Å²) in [4.78, 5) is 12.4. The van der Waals surface area contributed by atoms with Gasteiger partial charge in [0.15, 0.2) is 5.82 Å². The first-order valence-electron chi connectivity index (χ1n) is 9.78. The average molecular weight is 397 g/mol. The minimum Gasteiger partial charge on any atom is -0.306 e. The number of carbonyl (C=O) groups excluding carboxylic acids is 1. The first-order chi connectivity index (χ1) is 14.6. The molecule has 0 spiro atoms. The van der Waals surface area contributed by atoms with Gasteiger partial charge in [-0.3, -0.25) is 9.48 Å². The van der Waals surface area contributed by atoms with Gasteiger partial charge in [0.2, 0.25) is 5.91 Å². The Balaban J connectivity index is 1.43. The molecule has 2 aromatic heterocycles. The zero-order chi connectivity index (χ0) is 20.9. The summed E-state index contributed by atoms with van der Waals surface area (Å²) in [6, 6.07) is 21.8.